The molecule has 0 aromatic heterocycles. The smallest absolute Gasteiger partial charge is 0.229 e. The van der Waals surface area contributed by atoms with Crippen LogP contribution in [0.1, 0.15) is 38.3 Å². The predicted molar refractivity (Wildman–Crippen MR) is 80.8 cm³/mol. The van der Waals surface area contributed by atoms with Crippen LogP contribution in [0.15, 0.2) is 10.5 Å². The SMILES string of the molecule is CC(C)(C)C(=O)Nc1cc(Br)c2c(c1C#N)OCCC2. The van der Waals surface area contributed by atoms with Gasteiger partial charge in [0.15, 0.2) is 0 Å². The third-order valence-electron chi connectivity index (χ3n) is 3.19. The number of carbonyl (C=O) groups is 1. The second-order valence-corrected chi connectivity index (χ2v) is 6.71. The van der Waals surface area contributed by atoms with Crippen LogP contribution < -0.4 is 10.1 Å². The van der Waals surface area contributed by atoms with E-state index in [1.807, 2.05) is 20.8 Å². The number of benzene rings is 1. The summed E-state index contributed by atoms with van der Waals surface area (Å²) in [5, 5.41) is 12.2. The van der Waals surface area contributed by atoms with Crippen molar-refractivity contribution in [1.29, 1.82) is 5.26 Å². The van der Waals surface area contributed by atoms with Gasteiger partial charge >= 0.3 is 0 Å². The molecule has 0 saturated heterocycles. The molecule has 106 valence electrons. The first-order chi connectivity index (χ1) is 9.34. The highest BCUT2D eigenvalue weighted by atomic mass is 79.9. The molecule has 1 heterocycles. The third-order valence-corrected chi connectivity index (χ3v) is 3.90. The number of nitrogens with zero attached hydrogens (tertiary/aromatic N) is 1. The van der Waals surface area contributed by atoms with Gasteiger partial charge in [0.2, 0.25) is 5.91 Å². The summed E-state index contributed by atoms with van der Waals surface area (Å²) in [5.41, 5.74) is 1.39. The average molecular weight is 337 g/mol. The van der Waals surface area contributed by atoms with Gasteiger partial charge in [-0.15, -0.1) is 0 Å². The number of hydrogen-bond acceptors (Lipinski definition) is 3. The molecule has 5 heteroatoms. The van der Waals surface area contributed by atoms with Gasteiger partial charge in [-0.25, -0.2) is 0 Å². The molecule has 1 N–H and O–H groups in total. The van der Waals surface area contributed by atoms with Gasteiger partial charge in [-0.2, -0.15) is 5.26 Å². The Kier molecular flexibility index (Phi) is 4.05. The molecule has 1 aliphatic heterocycles. The fraction of sp³-hybridized carbons (Fsp3) is 0.467. The average Bonchev–Trinajstić information content (AvgIpc) is 2.38. The van der Waals surface area contributed by atoms with Crippen LogP contribution in [0.25, 0.3) is 0 Å². The zero-order chi connectivity index (χ0) is 14.9. The summed E-state index contributed by atoms with van der Waals surface area (Å²) in [6, 6.07) is 3.93. The summed E-state index contributed by atoms with van der Waals surface area (Å²) < 4.78 is 6.50. The maximum atomic E-state index is 12.1. The molecule has 0 radical (unpaired) electrons. The monoisotopic (exact) mass is 336 g/mol. The quantitative estimate of drug-likeness (QED) is 0.851. The molecule has 4 nitrogen and oxygen atoms in total. The molecule has 1 amide bonds. The highest BCUT2D eigenvalue weighted by molar-refractivity contribution is 9.10. The molecule has 20 heavy (non-hydrogen) atoms. The normalized spacial score (nSPS) is 13.9. The lowest BCUT2D eigenvalue weighted by atomic mass is 9.95. The molecule has 0 bridgehead atoms. The fourth-order valence-corrected chi connectivity index (χ4v) is 2.61. The maximum Gasteiger partial charge on any atom is 0.229 e. The van der Waals surface area contributed by atoms with Crippen LogP contribution in [0.2, 0.25) is 0 Å². The minimum atomic E-state index is -0.518. The van der Waals surface area contributed by atoms with Gasteiger partial charge in [0, 0.05) is 15.5 Å². The first-order valence-electron chi connectivity index (χ1n) is 6.54. The van der Waals surface area contributed by atoms with Gasteiger partial charge in [0.05, 0.1) is 12.3 Å². The number of halogens is 1. The first-order valence-corrected chi connectivity index (χ1v) is 7.33. The predicted octanol–water partition coefficient (Wildman–Crippen LogP) is 3.63. The largest absolute Gasteiger partial charge is 0.492 e. The van der Waals surface area contributed by atoms with Crippen LogP contribution in [0.3, 0.4) is 0 Å². The van der Waals surface area contributed by atoms with E-state index in [9.17, 15) is 10.1 Å². The molecule has 0 atom stereocenters. The lowest BCUT2D eigenvalue weighted by Gasteiger charge is -2.23. The summed E-state index contributed by atoms with van der Waals surface area (Å²) >= 11 is 3.50. The first kappa shape index (κ1) is 14.9. The summed E-state index contributed by atoms with van der Waals surface area (Å²) in [6.07, 6.45) is 1.81. The number of fused-ring (bicyclic) bond motifs is 1. The van der Waals surface area contributed by atoms with Crippen molar-refractivity contribution in [3.63, 3.8) is 0 Å². The lowest BCUT2D eigenvalue weighted by molar-refractivity contribution is -0.123. The number of carbonyl (C=O) groups excluding carboxylic acids is 1. The van der Waals surface area contributed by atoms with Crippen LogP contribution in [0.4, 0.5) is 5.69 Å². The Balaban J connectivity index is 2.47. The van der Waals surface area contributed by atoms with E-state index in [-0.39, 0.29) is 5.91 Å². The molecule has 0 spiro atoms. The van der Waals surface area contributed by atoms with Gasteiger partial charge in [0.1, 0.15) is 17.4 Å². The van der Waals surface area contributed by atoms with E-state index >= 15 is 0 Å². The summed E-state index contributed by atoms with van der Waals surface area (Å²) in [6.45, 7) is 6.10. The maximum absolute atomic E-state index is 12.1. The van der Waals surface area contributed by atoms with Gasteiger partial charge in [-0.3, -0.25) is 4.79 Å². The topological polar surface area (TPSA) is 62.1 Å². The van der Waals surface area contributed by atoms with Gasteiger partial charge in [-0.05, 0) is 18.9 Å². The van der Waals surface area contributed by atoms with Crippen molar-refractivity contribution in [2.75, 3.05) is 11.9 Å². The summed E-state index contributed by atoms with van der Waals surface area (Å²) in [5.74, 6) is 0.467. The molecule has 0 fully saturated rings. The number of nitriles is 1. The number of ether oxygens (including phenoxy) is 1. The van der Waals surface area contributed by atoms with Crippen LogP contribution >= 0.6 is 15.9 Å². The Morgan fingerprint density at radius 3 is 2.80 bits per heavy atom. The zero-order valence-electron chi connectivity index (χ0n) is 11.8. The van der Waals surface area contributed by atoms with Crippen molar-refractivity contribution in [2.45, 2.75) is 33.6 Å². The van der Waals surface area contributed by atoms with Gasteiger partial charge < -0.3 is 10.1 Å². The standard InChI is InChI=1S/C15H17BrN2O2/c1-15(2,3)14(19)18-12-7-11(16)9-5-4-6-20-13(9)10(12)8-17/h7H,4-6H2,1-3H3,(H,18,19). The molecule has 2 rings (SSSR count). The van der Waals surface area contributed by atoms with Crippen molar-refractivity contribution in [1.82, 2.24) is 0 Å². The van der Waals surface area contributed by atoms with E-state index in [2.05, 4.69) is 27.3 Å². The van der Waals surface area contributed by atoms with Gasteiger partial charge in [-0.1, -0.05) is 36.7 Å². The van der Waals surface area contributed by atoms with Crippen LogP contribution in [-0.4, -0.2) is 12.5 Å². The molecule has 0 aliphatic carbocycles. The van der Waals surface area contributed by atoms with E-state index in [1.165, 1.54) is 0 Å². The Hall–Kier alpha value is -1.54. The summed E-state index contributed by atoms with van der Waals surface area (Å²) in [7, 11) is 0. The number of anilines is 1. The highest BCUT2D eigenvalue weighted by Crippen LogP contribution is 2.39. The van der Waals surface area contributed by atoms with Crippen LogP contribution in [-0.2, 0) is 11.2 Å². The Morgan fingerprint density at radius 2 is 2.20 bits per heavy atom. The van der Waals surface area contributed by atoms with Gasteiger partial charge in [0.25, 0.3) is 0 Å². The second-order valence-electron chi connectivity index (χ2n) is 5.86. The molecule has 1 aromatic carbocycles. The van der Waals surface area contributed by atoms with Crippen molar-refractivity contribution < 1.29 is 9.53 Å². The van der Waals surface area contributed by atoms with Crippen LogP contribution in [0.5, 0.6) is 5.75 Å². The second kappa shape index (κ2) is 5.45. The van der Waals surface area contributed by atoms with Crippen molar-refractivity contribution in [3.05, 3.63) is 21.7 Å². The number of rotatable bonds is 1. The van der Waals surface area contributed by atoms with Crippen LogP contribution in [0, 0.1) is 16.7 Å². The summed E-state index contributed by atoms with van der Waals surface area (Å²) in [4.78, 5) is 12.1. The molecule has 1 aromatic rings. The van der Waals surface area contributed by atoms with Crippen molar-refractivity contribution in [2.24, 2.45) is 5.41 Å². The number of amides is 1. The minimum Gasteiger partial charge on any atom is -0.492 e. The van der Waals surface area contributed by atoms with E-state index in [4.69, 9.17) is 4.74 Å². The Bertz CT molecular complexity index is 597. The highest BCUT2D eigenvalue weighted by Gasteiger charge is 2.26. The fourth-order valence-electron chi connectivity index (χ4n) is 2.00. The minimum absolute atomic E-state index is 0.128. The van der Waals surface area contributed by atoms with E-state index in [0.717, 1.165) is 22.9 Å². The van der Waals surface area contributed by atoms with E-state index < -0.39 is 5.41 Å². The lowest BCUT2D eigenvalue weighted by Crippen LogP contribution is -2.28. The van der Waals surface area contributed by atoms with Crippen molar-refractivity contribution >= 4 is 27.5 Å². The third kappa shape index (κ3) is 2.80. The molecular formula is C15H17BrN2O2. The van der Waals surface area contributed by atoms with E-state index in [0.29, 0.717) is 23.6 Å². The molecular weight excluding hydrogens is 320 g/mol. The van der Waals surface area contributed by atoms with E-state index in [1.54, 1.807) is 6.07 Å². The Morgan fingerprint density at radius 1 is 1.50 bits per heavy atom. The molecule has 0 saturated carbocycles. The molecule has 0 unspecified atom stereocenters. The Labute approximate surface area is 127 Å². The molecule has 1 aliphatic rings. The number of nitrogens with one attached hydrogen (secondary N) is 1. The number of hydrogen-bond donors (Lipinski definition) is 1. The zero-order valence-corrected chi connectivity index (χ0v) is 13.4. The van der Waals surface area contributed by atoms with Crippen molar-refractivity contribution in [3.8, 4) is 11.8 Å².